The Balaban J connectivity index is 0.000000472. The molecule has 1 aromatic carbocycles. The van der Waals surface area contributed by atoms with Gasteiger partial charge in [-0.2, -0.15) is 0 Å². The van der Waals surface area contributed by atoms with Crippen LogP contribution in [0.25, 0.3) is 10.4 Å². The van der Waals surface area contributed by atoms with E-state index in [9.17, 15) is 8.78 Å². The van der Waals surface area contributed by atoms with E-state index in [0.717, 1.165) is 18.2 Å². The number of azide groups is 1. The Bertz CT molecular complexity index is 697. The Kier molecular flexibility index (Phi) is 8.58. The van der Waals surface area contributed by atoms with Gasteiger partial charge in [0.05, 0.1) is 5.54 Å². The summed E-state index contributed by atoms with van der Waals surface area (Å²) in [5.74, 6) is 14.2. The van der Waals surface area contributed by atoms with Crippen LogP contribution in [0.15, 0.2) is 23.3 Å². The maximum absolute atomic E-state index is 12.8. The highest BCUT2D eigenvalue weighted by molar-refractivity contribution is 5.34. The fraction of sp³-hybridized carbons (Fsp3) is 0.294. The maximum Gasteiger partial charge on any atom is 0.126 e. The summed E-state index contributed by atoms with van der Waals surface area (Å²) in [5.41, 5.74) is 7.64. The van der Waals surface area contributed by atoms with E-state index < -0.39 is 17.2 Å². The Labute approximate surface area is 129 Å². The van der Waals surface area contributed by atoms with Crippen LogP contribution in [0.1, 0.15) is 33.3 Å². The van der Waals surface area contributed by atoms with Gasteiger partial charge in [0.25, 0.3) is 0 Å². The van der Waals surface area contributed by atoms with Crippen molar-refractivity contribution in [1.29, 1.82) is 0 Å². The highest BCUT2D eigenvalue weighted by Crippen LogP contribution is 2.26. The summed E-state index contributed by atoms with van der Waals surface area (Å²) >= 11 is 0. The standard InChI is InChI=1S/C9H9F2N3.C8H6/c1-9(2,13-14-12)6-3-7(10)5-8(11)4-6;1-3-5-7-8-6-4-2/h3-5H,1-2H3;1-2H3. The molecule has 0 saturated carbocycles. The van der Waals surface area contributed by atoms with Gasteiger partial charge in [0.2, 0.25) is 0 Å². The first-order valence-corrected chi connectivity index (χ1v) is 6.23. The topological polar surface area (TPSA) is 48.8 Å². The molecule has 0 saturated heterocycles. The van der Waals surface area contributed by atoms with Gasteiger partial charge in [-0.05, 0) is 60.8 Å². The Hall–Kier alpha value is -2.93. The van der Waals surface area contributed by atoms with Crippen LogP contribution in [-0.4, -0.2) is 0 Å². The second-order valence-electron chi connectivity index (χ2n) is 4.41. The molecule has 0 heterocycles. The largest absolute Gasteiger partial charge is 0.207 e. The number of rotatable bonds is 2. The van der Waals surface area contributed by atoms with Crippen molar-refractivity contribution in [2.45, 2.75) is 33.2 Å². The zero-order valence-electron chi connectivity index (χ0n) is 12.8. The predicted octanol–water partition coefficient (Wildman–Crippen LogP) is 4.55. The summed E-state index contributed by atoms with van der Waals surface area (Å²) in [6.45, 7) is 6.66. The molecule has 0 unspecified atom stereocenters. The van der Waals surface area contributed by atoms with E-state index in [1.54, 1.807) is 27.7 Å². The Morgan fingerprint density at radius 2 is 1.41 bits per heavy atom. The maximum atomic E-state index is 12.8. The fourth-order valence-corrected chi connectivity index (χ4v) is 1.26. The van der Waals surface area contributed by atoms with Gasteiger partial charge in [0.1, 0.15) is 11.6 Å². The molecule has 0 aliphatic heterocycles. The van der Waals surface area contributed by atoms with Gasteiger partial charge in [-0.25, -0.2) is 8.78 Å². The third-order valence-corrected chi connectivity index (χ3v) is 2.30. The van der Waals surface area contributed by atoms with E-state index in [-0.39, 0.29) is 0 Å². The first-order chi connectivity index (χ1) is 10.4. The number of hydrogen-bond acceptors (Lipinski definition) is 1. The lowest BCUT2D eigenvalue weighted by molar-refractivity contribution is 0.523. The van der Waals surface area contributed by atoms with Gasteiger partial charge in [-0.3, -0.25) is 0 Å². The van der Waals surface area contributed by atoms with Crippen LogP contribution in [0.4, 0.5) is 8.78 Å². The molecule has 0 spiro atoms. The van der Waals surface area contributed by atoms with Crippen molar-refractivity contribution in [3.05, 3.63) is 45.8 Å². The first-order valence-electron chi connectivity index (χ1n) is 6.23. The molecule has 0 radical (unpaired) electrons. The zero-order chi connectivity index (χ0) is 17.0. The first kappa shape index (κ1) is 19.1. The number of hydrogen-bond donors (Lipinski definition) is 0. The quantitative estimate of drug-likeness (QED) is 0.333. The normalized spacial score (nSPS) is 8.27. The molecule has 112 valence electrons. The molecule has 0 N–H and O–H groups in total. The van der Waals surface area contributed by atoms with Gasteiger partial charge < -0.3 is 0 Å². The molecule has 0 aliphatic carbocycles. The second-order valence-corrected chi connectivity index (χ2v) is 4.41. The van der Waals surface area contributed by atoms with Crippen molar-refractivity contribution in [1.82, 2.24) is 0 Å². The molecule has 0 atom stereocenters. The van der Waals surface area contributed by atoms with Gasteiger partial charge in [-0.1, -0.05) is 30.8 Å². The molecule has 1 rings (SSSR count). The molecule has 0 amide bonds. The van der Waals surface area contributed by atoms with E-state index in [0.29, 0.717) is 5.56 Å². The lowest BCUT2D eigenvalue weighted by Crippen LogP contribution is -2.13. The van der Waals surface area contributed by atoms with Crippen molar-refractivity contribution >= 4 is 0 Å². The van der Waals surface area contributed by atoms with E-state index in [1.807, 2.05) is 0 Å². The molecule has 3 nitrogen and oxygen atoms in total. The molecule has 0 aliphatic rings. The molecular formula is C17H15F2N3. The molecule has 1 aromatic rings. The third kappa shape index (κ3) is 7.61. The van der Waals surface area contributed by atoms with Crippen molar-refractivity contribution in [3.63, 3.8) is 0 Å². The molecule has 0 aromatic heterocycles. The van der Waals surface area contributed by atoms with Crippen LogP contribution in [-0.2, 0) is 5.54 Å². The van der Waals surface area contributed by atoms with E-state index in [4.69, 9.17) is 5.53 Å². The molecule has 5 heteroatoms. The van der Waals surface area contributed by atoms with E-state index in [2.05, 4.69) is 45.5 Å². The minimum Gasteiger partial charge on any atom is -0.207 e. The smallest absolute Gasteiger partial charge is 0.126 e. The SMILES string of the molecule is CC#CC#CC#CC.CC(C)(N=[N+]=[N-])c1cc(F)cc(F)c1. The number of nitrogens with zero attached hydrogens (tertiary/aromatic N) is 3. The van der Waals surface area contributed by atoms with Gasteiger partial charge in [-0.15, -0.1) is 0 Å². The monoisotopic (exact) mass is 299 g/mol. The Morgan fingerprint density at radius 1 is 0.955 bits per heavy atom. The minimum atomic E-state index is -0.947. The average molecular weight is 299 g/mol. The van der Waals surface area contributed by atoms with Crippen LogP contribution >= 0.6 is 0 Å². The number of benzene rings is 1. The van der Waals surface area contributed by atoms with Crippen LogP contribution in [0.5, 0.6) is 0 Å². The predicted molar refractivity (Wildman–Crippen MR) is 83.2 cm³/mol. The molecule has 22 heavy (non-hydrogen) atoms. The van der Waals surface area contributed by atoms with Crippen molar-refractivity contribution < 1.29 is 8.78 Å². The summed E-state index contributed by atoms with van der Waals surface area (Å²) in [6.07, 6.45) is 0. The van der Waals surface area contributed by atoms with Crippen LogP contribution in [0, 0.1) is 47.2 Å². The summed E-state index contributed by atoms with van der Waals surface area (Å²) in [7, 11) is 0. The van der Waals surface area contributed by atoms with Crippen molar-refractivity contribution in [3.8, 4) is 35.5 Å². The minimum absolute atomic E-state index is 0.313. The highest BCUT2D eigenvalue weighted by Gasteiger charge is 2.20. The van der Waals surface area contributed by atoms with Crippen LogP contribution in [0.3, 0.4) is 0 Å². The lowest BCUT2D eigenvalue weighted by Gasteiger charge is -2.18. The van der Waals surface area contributed by atoms with Crippen molar-refractivity contribution in [2.75, 3.05) is 0 Å². The summed E-state index contributed by atoms with van der Waals surface area (Å²) in [6, 6.07) is 3.07. The highest BCUT2D eigenvalue weighted by atomic mass is 19.1. The van der Waals surface area contributed by atoms with Crippen molar-refractivity contribution in [2.24, 2.45) is 5.11 Å². The second kappa shape index (κ2) is 9.89. The fourth-order valence-electron chi connectivity index (χ4n) is 1.26. The van der Waals surface area contributed by atoms with E-state index >= 15 is 0 Å². The molecule has 0 fully saturated rings. The zero-order valence-corrected chi connectivity index (χ0v) is 12.8. The van der Waals surface area contributed by atoms with Gasteiger partial charge in [0.15, 0.2) is 0 Å². The summed E-state index contributed by atoms with van der Waals surface area (Å²) in [5, 5.41) is 3.46. The summed E-state index contributed by atoms with van der Waals surface area (Å²) < 4.78 is 25.6. The van der Waals surface area contributed by atoms with Crippen LogP contribution in [0.2, 0.25) is 0 Å². The lowest BCUT2D eigenvalue weighted by atomic mass is 9.95. The average Bonchev–Trinajstić information content (AvgIpc) is 2.43. The van der Waals surface area contributed by atoms with Gasteiger partial charge in [0, 0.05) is 11.0 Å². The molecule has 0 bridgehead atoms. The van der Waals surface area contributed by atoms with E-state index in [1.165, 1.54) is 0 Å². The Morgan fingerprint density at radius 3 is 1.77 bits per heavy atom. The molecular weight excluding hydrogens is 284 g/mol. The van der Waals surface area contributed by atoms with Crippen LogP contribution < -0.4 is 0 Å². The summed E-state index contributed by atoms with van der Waals surface area (Å²) in [4.78, 5) is 2.62. The third-order valence-electron chi connectivity index (χ3n) is 2.30. The van der Waals surface area contributed by atoms with Gasteiger partial charge >= 0.3 is 0 Å². The number of halogens is 2.